The molecule has 2 atom stereocenters. The highest BCUT2D eigenvalue weighted by Crippen LogP contribution is 2.24. The smallest absolute Gasteiger partial charge is 0.0954 e. The Bertz CT molecular complexity index is 324. The fraction of sp³-hybridized carbons (Fsp3) is 0.727. The van der Waals surface area contributed by atoms with Crippen molar-refractivity contribution in [3.8, 4) is 0 Å². The molecule has 0 saturated carbocycles. The van der Waals surface area contributed by atoms with Gasteiger partial charge >= 0.3 is 0 Å². The maximum Gasteiger partial charge on any atom is 0.0954 e. The number of thiazole rings is 1. The topological polar surface area (TPSA) is 34.1 Å². The summed E-state index contributed by atoms with van der Waals surface area (Å²) in [5.41, 5.74) is 1.20. The molecule has 1 saturated heterocycles. The van der Waals surface area contributed by atoms with Crippen LogP contribution in [0.4, 0.5) is 0 Å². The van der Waals surface area contributed by atoms with E-state index in [0.29, 0.717) is 6.04 Å². The van der Waals surface area contributed by atoms with Crippen LogP contribution >= 0.6 is 23.1 Å². The molecule has 0 bridgehead atoms. The number of ether oxygens (including phenoxy) is 1. The second-order valence-electron chi connectivity index (χ2n) is 4.00. The summed E-state index contributed by atoms with van der Waals surface area (Å²) in [6.45, 7) is 3.17. The van der Waals surface area contributed by atoms with E-state index >= 15 is 0 Å². The molecule has 1 aromatic heterocycles. The van der Waals surface area contributed by atoms with Crippen molar-refractivity contribution in [2.24, 2.45) is 0 Å². The molecular formula is C11H18N2OS2. The van der Waals surface area contributed by atoms with Crippen molar-refractivity contribution in [2.45, 2.75) is 25.5 Å². The minimum atomic E-state index is 0.257. The van der Waals surface area contributed by atoms with Crippen molar-refractivity contribution in [1.82, 2.24) is 10.3 Å². The van der Waals surface area contributed by atoms with Gasteiger partial charge in [0.2, 0.25) is 0 Å². The molecule has 3 nitrogen and oxygen atoms in total. The van der Waals surface area contributed by atoms with Gasteiger partial charge in [-0.3, -0.25) is 0 Å². The molecule has 1 aliphatic heterocycles. The van der Waals surface area contributed by atoms with Gasteiger partial charge in [-0.1, -0.05) is 0 Å². The summed E-state index contributed by atoms with van der Waals surface area (Å²) in [7, 11) is 1.75. The molecule has 90 valence electrons. The zero-order valence-corrected chi connectivity index (χ0v) is 11.4. The number of nitrogens with zero attached hydrogens (tertiary/aromatic N) is 1. The maximum atomic E-state index is 5.26. The van der Waals surface area contributed by atoms with Crippen molar-refractivity contribution in [2.75, 3.05) is 25.2 Å². The Morgan fingerprint density at radius 1 is 1.69 bits per heavy atom. The Morgan fingerprint density at radius 3 is 3.25 bits per heavy atom. The van der Waals surface area contributed by atoms with Crippen LogP contribution in [0.2, 0.25) is 0 Å². The molecule has 2 rings (SSSR count). The van der Waals surface area contributed by atoms with Crippen LogP contribution in [0.25, 0.3) is 0 Å². The summed E-state index contributed by atoms with van der Waals surface area (Å²) < 4.78 is 5.26. The van der Waals surface area contributed by atoms with Gasteiger partial charge in [-0.25, -0.2) is 4.98 Å². The van der Waals surface area contributed by atoms with E-state index in [1.807, 2.05) is 11.8 Å². The van der Waals surface area contributed by atoms with Gasteiger partial charge in [0.25, 0.3) is 0 Å². The Morgan fingerprint density at radius 2 is 2.56 bits per heavy atom. The number of nitrogens with one attached hydrogen (secondary N) is 1. The van der Waals surface area contributed by atoms with Gasteiger partial charge in [-0.2, -0.15) is 11.8 Å². The first-order chi connectivity index (χ1) is 7.79. The lowest BCUT2D eigenvalue weighted by Crippen LogP contribution is -2.30. The van der Waals surface area contributed by atoms with Crippen LogP contribution < -0.4 is 5.32 Å². The lowest BCUT2D eigenvalue weighted by Gasteiger charge is -2.21. The third kappa shape index (κ3) is 3.20. The van der Waals surface area contributed by atoms with Crippen LogP contribution in [0.3, 0.4) is 0 Å². The van der Waals surface area contributed by atoms with Crippen LogP contribution in [0.5, 0.6) is 0 Å². The molecule has 0 amide bonds. The van der Waals surface area contributed by atoms with E-state index in [4.69, 9.17) is 4.74 Å². The molecule has 5 heteroatoms. The first kappa shape index (κ1) is 12.4. The number of hydrogen-bond donors (Lipinski definition) is 1. The molecular weight excluding hydrogens is 240 g/mol. The quantitative estimate of drug-likeness (QED) is 0.897. The van der Waals surface area contributed by atoms with Gasteiger partial charge in [-0.05, 0) is 6.92 Å². The zero-order chi connectivity index (χ0) is 11.4. The van der Waals surface area contributed by atoms with E-state index in [0.717, 1.165) is 18.7 Å². The number of rotatable bonds is 4. The summed E-state index contributed by atoms with van der Waals surface area (Å²) in [6, 6.07) is 0.446. The van der Waals surface area contributed by atoms with Gasteiger partial charge in [0.15, 0.2) is 0 Å². The largest absolute Gasteiger partial charge is 0.381 e. The standard InChI is InChI=1S/C11H18N2OS2/c1-8(14-2)5-11-13-10(7-16-11)9-6-15-4-3-12-9/h7-9,12H,3-6H2,1-2H3. The predicted octanol–water partition coefficient (Wildman–Crippen LogP) is 2.10. The number of hydrogen-bond acceptors (Lipinski definition) is 5. The highest BCUT2D eigenvalue weighted by molar-refractivity contribution is 7.99. The Balaban J connectivity index is 1.95. The molecule has 2 unspecified atom stereocenters. The molecule has 0 spiro atoms. The van der Waals surface area contributed by atoms with E-state index in [1.54, 1.807) is 18.4 Å². The summed E-state index contributed by atoms with van der Waals surface area (Å²) in [5, 5.41) is 6.87. The minimum absolute atomic E-state index is 0.257. The third-order valence-electron chi connectivity index (χ3n) is 2.71. The SMILES string of the molecule is COC(C)Cc1nc(C2CSCCN2)cs1. The first-order valence-corrected chi connectivity index (χ1v) is 7.61. The summed E-state index contributed by atoms with van der Waals surface area (Å²) >= 11 is 3.75. The molecule has 0 radical (unpaired) electrons. The van der Waals surface area contributed by atoms with Gasteiger partial charge in [-0.15, -0.1) is 11.3 Å². The maximum absolute atomic E-state index is 5.26. The predicted molar refractivity (Wildman–Crippen MR) is 70.4 cm³/mol. The van der Waals surface area contributed by atoms with E-state index < -0.39 is 0 Å². The minimum Gasteiger partial charge on any atom is -0.381 e. The van der Waals surface area contributed by atoms with Crippen LogP contribution in [-0.4, -0.2) is 36.2 Å². The summed E-state index contributed by atoms with van der Waals surface area (Å²) in [5.74, 6) is 2.36. The monoisotopic (exact) mass is 258 g/mol. The number of thioether (sulfide) groups is 1. The van der Waals surface area contributed by atoms with Crippen molar-refractivity contribution in [1.29, 1.82) is 0 Å². The molecule has 0 aromatic carbocycles. The highest BCUT2D eigenvalue weighted by Gasteiger charge is 2.18. The Kier molecular flexibility index (Phi) is 4.64. The lowest BCUT2D eigenvalue weighted by atomic mass is 10.2. The van der Waals surface area contributed by atoms with Gasteiger partial charge in [0.05, 0.1) is 22.8 Å². The Labute approximate surface area is 105 Å². The van der Waals surface area contributed by atoms with Crippen LogP contribution in [0.15, 0.2) is 5.38 Å². The second-order valence-corrected chi connectivity index (χ2v) is 6.09. The molecule has 1 aliphatic rings. The van der Waals surface area contributed by atoms with E-state index in [1.165, 1.54) is 16.5 Å². The third-order valence-corrected chi connectivity index (χ3v) is 4.66. The normalized spacial score (nSPS) is 23.2. The summed E-state index contributed by atoms with van der Waals surface area (Å²) in [4.78, 5) is 4.68. The van der Waals surface area contributed by atoms with Crippen molar-refractivity contribution in [3.63, 3.8) is 0 Å². The molecule has 1 aromatic rings. The first-order valence-electron chi connectivity index (χ1n) is 5.58. The average molecular weight is 258 g/mol. The van der Waals surface area contributed by atoms with Crippen molar-refractivity contribution < 1.29 is 4.74 Å². The van der Waals surface area contributed by atoms with E-state index in [9.17, 15) is 0 Å². The molecule has 16 heavy (non-hydrogen) atoms. The average Bonchev–Trinajstić information content (AvgIpc) is 2.78. The van der Waals surface area contributed by atoms with Gasteiger partial charge < -0.3 is 10.1 Å². The van der Waals surface area contributed by atoms with Crippen LogP contribution in [-0.2, 0) is 11.2 Å². The van der Waals surface area contributed by atoms with Crippen LogP contribution in [0, 0.1) is 0 Å². The van der Waals surface area contributed by atoms with E-state index in [2.05, 4.69) is 22.6 Å². The fourth-order valence-electron chi connectivity index (χ4n) is 1.66. The van der Waals surface area contributed by atoms with Crippen molar-refractivity contribution >= 4 is 23.1 Å². The molecule has 2 heterocycles. The van der Waals surface area contributed by atoms with E-state index in [-0.39, 0.29) is 6.10 Å². The molecule has 0 aliphatic carbocycles. The second kappa shape index (κ2) is 6.00. The highest BCUT2D eigenvalue weighted by atomic mass is 32.2. The number of aromatic nitrogens is 1. The van der Waals surface area contributed by atoms with Crippen LogP contribution in [0.1, 0.15) is 23.7 Å². The van der Waals surface area contributed by atoms with Gasteiger partial charge in [0, 0.05) is 37.0 Å². The molecule has 1 N–H and O–H groups in total. The number of methoxy groups -OCH3 is 1. The lowest BCUT2D eigenvalue weighted by molar-refractivity contribution is 0.118. The molecule has 1 fully saturated rings. The summed E-state index contributed by atoms with van der Waals surface area (Å²) in [6.07, 6.45) is 1.17. The fourth-order valence-corrected chi connectivity index (χ4v) is 3.58. The van der Waals surface area contributed by atoms with Gasteiger partial charge in [0.1, 0.15) is 0 Å². The zero-order valence-electron chi connectivity index (χ0n) is 9.73. The Hall–Kier alpha value is -0.100. The van der Waals surface area contributed by atoms with Crippen molar-refractivity contribution in [3.05, 3.63) is 16.1 Å².